The van der Waals surface area contributed by atoms with Crippen LogP contribution in [0.1, 0.15) is 137 Å². The molecule has 0 amide bonds. The molecule has 1 aromatic carbocycles. The molecule has 0 aromatic heterocycles. The van der Waals surface area contributed by atoms with Crippen molar-refractivity contribution in [3.8, 4) is 0 Å². The van der Waals surface area contributed by atoms with Crippen molar-refractivity contribution in [1.82, 2.24) is 0 Å². The van der Waals surface area contributed by atoms with Gasteiger partial charge in [0.25, 0.3) is 0 Å². The zero-order valence-corrected chi connectivity index (χ0v) is 32.5. The van der Waals surface area contributed by atoms with E-state index in [0.29, 0.717) is 6.42 Å². The van der Waals surface area contributed by atoms with E-state index in [9.17, 15) is 4.39 Å². The molecule has 0 radical (unpaired) electrons. The van der Waals surface area contributed by atoms with Gasteiger partial charge in [-0.2, -0.15) is 0 Å². The molecule has 5 heteroatoms. The molecule has 1 saturated carbocycles. The predicted octanol–water partition coefficient (Wildman–Crippen LogP) is 11.1. The average Bonchev–Trinajstić information content (AvgIpc) is 3.91. The Morgan fingerprint density at radius 1 is 1.02 bits per heavy atom. The molecule has 2 rings (SSSR count). The van der Waals surface area contributed by atoms with Crippen molar-refractivity contribution in [2.24, 2.45) is 17.4 Å². The molecule has 0 bridgehead atoms. The quantitative estimate of drug-likeness (QED) is 0.196. The lowest BCUT2D eigenvalue weighted by Gasteiger charge is -2.16. The van der Waals surface area contributed by atoms with Gasteiger partial charge in [-0.1, -0.05) is 103 Å². The maximum atomic E-state index is 12.1. The molecule has 1 fully saturated rings. The highest BCUT2D eigenvalue weighted by Crippen LogP contribution is 2.38. The van der Waals surface area contributed by atoms with Crippen LogP contribution in [0.25, 0.3) is 12.2 Å². The number of rotatable bonds is 8. The number of nitrogens with two attached hydrogens (primary N) is 2. The standard InChI is InChI=1S/C19H26.C8H13N.C5H11F.C2H4O.2C2H6.CH5N.CH4O/c1-6-15-12-16(7-2)19(14(5)18(15)8-3)11-13(4)17-9-10-17;1-4-5-6-8(9)7(2)3;1-4-5(2,3)6;1-2-3;4*1-2/h7,11-12,17H,2,6,8-10H2,1,3-5H3;4-6H,1,9H2,2-3H3;4H2,1-3H3;2H,1H3;2*1-2H3;2H2,1H3;2H,1H3/b13-11+;6-5-;;;;;;. The van der Waals surface area contributed by atoms with Gasteiger partial charge in [-0.05, 0) is 127 Å². The number of aliphatic hydroxyl groups excluding tert-OH is 1. The second-order valence-electron chi connectivity index (χ2n) is 10.1. The Kier molecular flexibility index (Phi) is 45.5. The zero-order valence-electron chi connectivity index (χ0n) is 32.5. The summed E-state index contributed by atoms with van der Waals surface area (Å²) in [4.78, 5) is 8.81. The molecule has 1 aliphatic rings. The van der Waals surface area contributed by atoms with E-state index in [1.165, 1.54) is 60.2 Å². The number of aldehydes is 1. The van der Waals surface area contributed by atoms with Gasteiger partial charge >= 0.3 is 0 Å². The topological polar surface area (TPSA) is 89.3 Å². The molecule has 0 aliphatic heterocycles. The van der Waals surface area contributed by atoms with Crippen LogP contribution in [-0.4, -0.2) is 31.2 Å². The van der Waals surface area contributed by atoms with Crippen LogP contribution in [0.15, 0.2) is 54.3 Å². The van der Waals surface area contributed by atoms with Crippen LogP contribution in [0, 0.1) is 12.8 Å². The van der Waals surface area contributed by atoms with E-state index >= 15 is 0 Å². The Bertz CT molecular complexity index is 944. The fourth-order valence-electron chi connectivity index (χ4n) is 3.36. The maximum Gasteiger partial charge on any atom is 0.116 e. The van der Waals surface area contributed by atoms with Crippen LogP contribution in [0.3, 0.4) is 0 Å². The molecular formula is C40H75FN2O2. The first kappa shape index (κ1) is 54.7. The minimum atomic E-state index is -0.958. The van der Waals surface area contributed by atoms with E-state index in [4.69, 9.17) is 15.6 Å². The minimum absolute atomic E-state index is 0.604. The van der Waals surface area contributed by atoms with Gasteiger partial charge in [-0.25, -0.2) is 4.39 Å². The summed E-state index contributed by atoms with van der Waals surface area (Å²) in [5, 5.41) is 7.00. The van der Waals surface area contributed by atoms with Gasteiger partial charge in [-0.3, -0.25) is 0 Å². The van der Waals surface area contributed by atoms with Crippen LogP contribution in [0.4, 0.5) is 4.39 Å². The SMILES string of the molecule is C=C/C=C\C(N)=C(C)C.C=Cc1cc(CC)c(CC)c(C)c1/C=C(\C)C1CC1.CC.CC.CC=O.CCC(C)(C)F.CN.CO. The van der Waals surface area contributed by atoms with Crippen molar-refractivity contribution in [3.63, 3.8) is 0 Å². The summed E-state index contributed by atoms with van der Waals surface area (Å²) in [5.74, 6) is 0.841. The second-order valence-corrected chi connectivity index (χ2v) is 10.1. The third-order valence-electron chi connectivity index (χ3n) is 6.26. The van der Waals surface area contributed by atoms with E-state index in [1.54, 1.807) is 19.9 Å². The lowest BCUT2D eigenvalue weighted by molar-refractivity contribution is -0.106. The van der Waals surface area contributed by atoms with Crippen molar-refractivity contribution in [1.29, 1.82) is 0 Å². The molecular weight excluding hydrogens is 559 g/mol. The summed E-state index contributed by atoms with van der Waals surface area (Å²) in [7, 11) is 2.50. The first-order chi connectivity index (χ1) is 21.3. The molecule has 0 atom stereocenters. The number of carbonyl (C=O) groups excluding carboxylic acids is 1. The van der Waals surface area contributed by atoms with Crippen molar-refractivity contribution < 1.29 is 14.3 Å². The molecule has 0 unspecified atom stereocenters. The number of carbonyl (C=O) groups is 1. The Labute approximate surface area is 280 Å². The van der Waals surface area contributed by atoms with Gasteiger partial charge in [0, 0.05) is 12.8 Å². The van der Waals surface area contributed by atoms with Crippen LogP contribution >= 0.6 is 0 Å². The number of benzene rings is 1. The highest BCUT2D eigenvalue weighted by molar-refractivity contribution is 5.71. The Morgan fingerprint density at radius 3 is 1.71 bits per heavy atom. The number of hydrogen-bond acceptors (Lipinski definition) is 4. The van der Waals surface area contributed by atoms with Gasteiger partial charge in [0.1, 0.15) is 12.0 Å². The molecule has 1 aliphatic carbocycles. The van der Waals surface area contributed by atoms with E-state index in [2.05, 4.69) is 58.7 Å². The van der Waals surface area contributed by atoms with Crippen molar-refractivity contribution >= 4 is 18.4 Å². The number of halogens is 1. The number of aryl methyl sites for hydroxylation is 1. The van der Waals surface area contributed by atoms with E-state index in [-0.39, 0.29) is 0 Å². The largest absolute Gasteiger partial charge is 0.400 e. The Hall–Kier alpha value is -2.76. The van der Waals surface area contributed by atoms with Crippen molar-refractivity contribution in [2.75, 3.05) is 14.2 Å². The van der Waals surface area contributed by atoms with Crippen molar-refractivity contribution in [3.05, 3.63) is 82.1 Å². The minimum Gasteiger partial charge on any atom is -0.400 e. The third-order valence-corrected chi connectivity index (χ3v) is 6.26. The molecule has 0 saturated heterocycles. The van der Waals surface area contributed by atoms with E-state index in [0.717, 1.165) is 43.4 Å². The summed E-state index contributed by atoms with van der Waals surface area (Å²) in [6, 6.07) is 2.34. The Balaban J connectivity index is -0.000000123. The molecule has 5 N–H and O–H groups in total. The van der Waals surface area contributed by atoms with Gasteiger partial charge in [0.2, 0.25) is 0 Å². The molecule has 4 nitrogen and oxygen atoms in total. The summed E-state index contributed by atoms with van der Waals surface area (Å²) in [6.07, 6.45) is 16.1. The zero-order chi connectivity index (χ0) is 37.2. The molecule has 1 aromatic rings. The van der Waals surface area contributed by atoms with Gasteiger partial charge in [0.05, 0.1) is 0 Å². The van der Waals surface area contributed by atoms with Gasteiger partial charge < -0.3 is 21.4 Å². The number of alkyl halides is 1. The lowest BCUT2D eigenvalue weighted by atomic mass is 9.88. The van der Waals surface area contributed by atoms with Gasteiger partial charge in [-0.15, -0.1) is 0 Å². The summed E-state index contributed by atoms with van der Waals surface area (Å²) in [5.41, 5.74) is 19.7. The van der Waals surface area contributed by atoms with E-state index < -0.39 is 5.67 Å². The normalized spacial score (nSPS) is 11.0. The maximum absolute atomic E-state index is 12.1. The van der Waals surface area contributed by atoms with Crippen molar-refractivity contribution in [2.45, 2.75) is 135 Å². The van der Waals surface area contributed by atoms with Crippen LogP contribution < -0.4 is 11.5 Å². The second kappa shape index (κ2) is 37.4. The first-order valence-electron chi connectivity index (χ1n) is 16.6. The predicted molar refractivity (Wildman–Crippen MR) is 206 cm³/mol. The monoisotopic (exact) mass is 635 g/mol. The fraction of sp³-hybridized carbons (Fsp3) is 0.575. The van der Waals surface area contributed by atoms with Gasteiger partial charge in [0.15, 0.2) is 0 Å². The smallest absolute Gasteiger partial charge is 0.116 e. The molecule has 264 valence electrons. The van der Waals surface area contributed by atoms with E-state index in [1.807, 2.05) is 66.7 Å². The number of aliphatic hydroxyl groups is 1. The first-order valence-corrected chi connectivity index (χ1v) is 16.6. The summed E-state index contributed by atoms with van der Waals surface area (Å²) in [6.45, 7) is 35.0. The number of hydrogen-bond donors (Lipinski definition) is 3. The highest BCUT2D eigenvalue weighted by atomic mass is 19.1. The fourth-order valence-corrected chi connectivity index (χ4v) is 3.36. The molecule has 0 spiro atoms. The number of allylic oxidation sites excluding steroid dienone is 5. The Morgan fingerprint density at radius 2 is 1.44 bits per heavy atom. The lowest BCUT2D eigenvalue weighted by Crippen LogP contribution is -2.07. The third kappa shape index (κ3) is 31.0. The highest BCUT2D eigenvalue weighted by Gasteiger charge is 2.23. The van der Waals surface area contributed by atoms with Crippen LogP contribution in [0.5, 0.6) is 0 Å². The van der Waals surface area contributed by atoms with Crippen LogP contribution in [-0.2, 0) is 17.6 Å². The van der Waals surface area contributed by atoms with Crippen LogP contribution in [0.2, 0.25) is 0 Å². The summed E-state index contributed by atoms with van der Waals surface area (Å²) < 4.78 is 12.1. The molecule has 0 heterocycles. The molecule has 45 heavy (non-hydrogen) atoms. The summed E-state index contributed by atoms with van der Waals surface area (Å²) >= 11 is 0. The average molecular weight is 635 g/mol.